The van der Waals surface area contributed by atoms with Gasteiger partial charge in [-0.25, -0.2) is 23.1 Å². The van der Waals surface area contributed by atoms with Crippen LogP contribution in [0.1, 0.15) is 84.8 Å². The summed E-state index contributed by atoms with van der Waals surface area (Å²) in [5, 5.41) is 25.6. The Morgan fingerprint density at radius 3 is 2.51 bits per heavy atom. The largest absolute Gasteiger partial charge is 0.455 e. The summed E-state index contributed by atoms with van der Waals surface area (Å²) in [6, 6.07) is 21.5. The Kier molecular flexibility index (Phi) is 11.4. The van der Waals surface area contributed by atoms with Crippen LogP contribution in [-0.2, 0) is 19.5 Å². The fourth-order valence-corrected chi connectivity index (χ4v) is 11.2. The molecule has 5 aromatic rings. The average Bonchev–Trinajstić information content (AvgIpc) is 4.06. The number of aromatic amines is 1. The SMILES string of the molecule is N#CC1(CNc2ncc(S(=O)(=O)NC(=O)c3ccc(N4CCC5(CC4)CC(N4CCOCC4c4ccccc4C4CC4)C5)cc3Oc3cnc4[nH]ccc4c3)cc2[N+](=O)[O-])CCOCC1. The number of benzene rings is 2. The molecule has 1 atom stereocenters. The molecule has 17 nitrogen and oxygen atoms in total. The van der Waals surface area contributed by atoms with E-state index < -0.39 is 36.9 Å². The summed E-state index contributed by atoms with van der Waals surface area (Å²) < 4.78 is 47.3. The highest BCUT2D eigenvalue weighted by atomic mass is 32.2. The monoisotopic (exact) mass is 901 g/mol. The third-order valence-corrected chi connectivity index (χ3v) is 15.5. The molecule has 338 valence electrons. The maximum Gasteiger partial charge on any atom is 0.312 e. The molecule has 2 aliphatic carbocycles. The number of piperidine rings is 1. The lowest BCUT2D eigenvalue weighted by atomic mass is 9.59. The number of hydrogen-bond acceptors (Lipinski definition) is 14. The van der Waals surface area contributed by atoms with Crippen LogP contribution < -0.4 is 19.7 Å². The molecule has 5 fully saturated rings. The van der Waals surface area contributed by atoms with Crippen LogP contribution in [0.3, 0.4) is 0 Å². The fourth-order valence-electron chi connectivity index (χ4n) is 10.2. The quantitative estimate of drug-likeness (QED) is 0.0786. The van der Waals surface area contributed by atoms with Crippen LogP contribution in [0, 0.1) is 32.3 Å². The maximum atomic E-state index is 14.0. The van der Waals surface area contributed by atoms with Crippen molar-refractivity contribution in [2.24, 2.45) is 10.8 Å². The number of rotatable bonds is 13. The first-order chi connectivity index (χ1) is 31.5. The molecule has 3 saturated heterocycles. The van der Waals surface area contributed by atoms with Gasteiger partial charge in [0.05, 0.1) is 53.6 Å². The van der Waals surface area contributed by atoms with E-state index >= 15 is 0 Å². The minimum absolute atomic E-state index is 0.0546. The Labute approximate surface area is 376 Å². The third kappa shape index (κ3) is 8.73. The van der Waals surface area contributed by atoms with Crippen LogP contribution in [0.2, 0.25) is 0 Å². The first-order valence-corrected chi connectivity index (χ1v) is 23.9. The molecule has 18 heteroatoms. The summed E-state index contributed by atoms with van der Waals surface area (Å²) in [5.74, 6) is -0.0621. The Morgan fingerprint density at radius 2 is 1.75 bits per heavy atom. The van der Waals surface area contributed by atoms with Gasteiger partial charge in [0.25, 0.3) is 15.9 Å². The number of carbonyl (C=O) groups is 1. The van der Waals surface area contributed by atoms with E-state index in [1.165, 1.54) is 36.2 Å². The Morgan fingerprint density at radius 1 is 0.969 bits per heavy atom. The predicted octanol–water partition coefficient (Wildman–Crippen LogP) is 7.21. The molecular weight excluding hydrogens is 851 g/mol. The summed E-state index contributed by atoms with van der Waals surface area (Å²) in [5.41, 5.74) is 3.15. The zero-order chi connectivity index (χ0) is 44.8. The van der Waals surface area contributed by atoms with Gasteiger partial charge in [0.2, 0.25) is 5.82 Å². The second-order valence-corrected chi connectivity index (χ2v) is 19.9. The molecule has 3 aromatic heterocycles. The number of nitro groups is 1. The number of pyridine rings is 2. The van der Waals surface area contributed by atoms with Gasteiger partial charge in [-0.15, -0.1) is 0 Å². The van der Waals surface area contributed by atoms with E-state index in [9.17, 15) is 28.6 Å². The van der Waals surface area contributed by atoms with Gasteiger partial charge in [-0.05, 0) is 98.1 Å². The average molecular weight is 902 g/mol. The van der Waals surface area contributed by atoms with Crippen molar-refractivity contribution in [2.75, 3.05) is 62.8 Å². The summed E-state index contributed by atoms with van der Waals surface area (Å²) >= 11 is 0. The Hall–Kier alpha value is -6.13. The number of fused-ring (bicyclic) bond motifs is 1. The topological polar surface area (TPSA) is 218 Å². The number of nitrogens with one attached hydrogen (secondary N) is 3. The first kappa shape index (κ1) is 42.8. The van der Waals surface area contributed by atoms with Gasteiger partial charge in [0.15, 0.2) is 0 Å². The summed E-state index contributed by atoms with van der Waals surface area (Å²) in [4.78, 5) is 41.3. The van der Waals surface area contributed by atoms with Gasteiger partial charge in [-0.1, -0.05) is 24.3 Å². The van der Waals surface area contributed by atoms with E-state index in [0.717, 1.165) is 81.9 Å². The number of carbonyl (C=O) groups excluding carboxylic acids is 1. The summed E-state index contributed by atoms with van der Waals surface area (Å²) in [6.07, 6.45) is 11.9. The van der Waals surface area contributed by atoms with E-state index in [1.807, 2.05) is 6.07 Å². The molecule has 2 aromatic carbocycles. The van der Waals surface area contributed by atoms with Gasteiger partial charge in [0.1, 0.15) is 22.0 Å². The van der Waals surface area contributed by atoms with Crippen LogP contribution >= 0.6 is 0 Å². The Bertz CT molecular complexity index is 2770. The van der Waals surface area contributed by atoms with E-state index in [4.69, 9.17) is 14.2 Å². The second-order valence-electron chi connectivity index (χ2n) is 18.2. The first-order valence-electron chi connectivity index (χ1n) is 22.4. The summed E-state index contributed by atoms with van der Waals surface area (Å²) in [7, 11) is -4.68. The number of ether oxygens (including phenoxy) is 3. The zero-order valence-electron chi connectivity index (χ0n) is 35.9. The van der Waals surface area contributed by atoms with Crippen molar-refractivity contribution in [3.8, 4) is 17.6 Å². The highest BCUT2D eigenvalue weighted by Crippen LogP contribution is 2.54. The molecule has 65 heavy (non-hydrogen) atoms. The molecular formula is C47H51N9O8S. The number of nitriles is 1. The van der Waals surface area contributed by atoms with Crippen LogP contribution in [0.15, 0.2) is 84.1 Å². The minimum atomic E-state index is -4.68. The van der Waals surface area contributed by atoms with E-state index in [-0.39, 0.29) is 35.1 Å². The molecule has 1 spiro atoms. The predicted molar refractivity (Wildman–Crippen MR) is 240 cm³/mol. The molecule has 2 saturated carbocycles. The number of aromatic nitrogens is 3. The number of amides is 1. The Balaban J connectivity index is 0.846. The van der Waals surface area contributed by atoms with E-state index in [0.29, 0.717) is 49.4 Å². The van der Waals surface area contributed by atoms with Crippen molar-refractivity contribution in [1.82, 2.24) is 24.6 Å². The minimum Gasteiger partial charge on any atom is -0.455 e. The molecule has 3 N–H and O–H groups in total. The highest BCUT2D eigenvalue weighted by molar-refractivity contribution is 7.90. The van der Waals surface area contributed by atoms with Crippen LogP contribution in [0.5, 0.6) is 11.5 Å². The number of morpholine rings is 1. The van der Waals surface area contributed by atoms with Crippen molar-refractivity contribution < 1.29 is 32.3 Å². The molecule has 1 amide bonds. The number of nitrogens with zero attached hydrogens (tertiary/aromatic N) is 6. The van der Waals surface area contributed by atoms with Crippen LogP contribution in [-0.4, -0.2) is 97.7 Å². The number of hydrogen-bond donors (Lipinski definition) is 3. The van der Waals surface area contributed by atoms with E-state index in [2.05, 4.69) is 65.1 Å². The normalized spacial score (nSPS) is 21.0. The molecule has 1 unspecified atom stereocenters. The highest BCUT2D eigenvalue weighted by Gasteiger charge is 2.50. The van der Waals surface area contributed by atoms with Crippen LogP contribution in [0.4, 0.5) is 17.2 Å². The maximum absolute atomic E-state index is 14.0. The van der Waals surface area contributed by atoms with Gasteiger partial charge in [0, 0.05) is 74.8 Å². The van der Waals surface area contributed by atoms with Gasteiger partial charge in [-0.3, -0.25) is 19.8 Å². The molecule has 0 radical (unpaired) electrons. The van der Waals surface area contributed by atoms with Crippen molar-refractivity contribution in [2.45, 2.75) is 74.3 Å². The number of anilines is 2. The lowest BCUT2D eigenvalue weighted by molar-refractivity contribution is -0.384. The second kappa shape index (κ2) is 17.3. The zero-order valence-corrected chi connectivity index (χ0v) is 36.7. The van der Waals surface area contributed by atoms with Gasteiger partial charge >= 0.3 is 5.69 Å². The van der Waals surface area contributed by atoms with Gasteiger partial charge < -0.3 is 29.4 Å². The van der Waals surface area contributed by atoms with E-state index in [1.54, 1.807) is 24.4 Å². The molecule has 6 heterocycles. The van der Waals surface area contributed by atoms with Crippen molar-refractivity contribution in [3.05, 3.63) is 106 Å². The van der Waals surface area contributed by atoms with Crippen molar-refractivity contribution >= 4 is 44.2 Å². The third-order valence-electron chi connectivity index (χ3n) is 14.2. The lowest BCUT2D eigenvalue weighted by Gasteiger charge is -2.57. The lowest BCUT2D eigenvalue weighted by Crippen LogP contribution is -2.58. The standard InChI is InChI=1S/C47H51N9O8S/c48-29-47(12-18-62-19-13-47)30-52-44-40(56(58)59)23-36(27-51-44)65(60,61)53-45(57)39-8-7-33(22-42(39)64-35-21-32-9-14-49-43(32)50-26-35)54-15-10-46(11-16-54)24-34(25-46)55-17-20-63-28-41(55)38-4-2-1-3-37(38)31-5-6-31/h1-4,7-9,14,21-23,26-27,31,34,41H,5-6,10-13,15-20,24-25,28,30H2,(H,49,50)(H,51,52)(H,53,57). The molecule has 5 aliphatic rings. The summed E-state index contributed by atoms with van der Waals surface area (Å²) in [6.45, 7) is 4.85. The van der Waals surface area contributed by atoms with Crippen LogP contribution in [0.25, 0.3) is 11.0 Å². The molecule has 3 aliphatic heterocycles. The molecule has 0 bridgehead atoms. The van der Waals surface area contributed by atoms with Crippen molar-refractivity contribution in [3.63, 3.8) is 0 Å². The number of sulfonamides is 1. The van der Waals surface area contributed by atoms with Crippen molar-refractivity contribution in [1.29, 1.82) is 5.26 Å². The fraction of sp³-hybridized carbons (Fsp3) is 0.447. The van der Waals surface area contributed by atoms with Gasteiger partial charge in [-0.2, -0.15) is 5.26 Å². The number of H-pyrrole nitrogens is 1. The molecule has 10 rings (SSSR count). The smallest absolute Gasteiger partial charge is 0.312 e.